The van der Waals surface area contributed by atoms with Crippen molar-refractivity contribution in [2.45, 2.75) is 19.4 Å². The van der Waals surface area contributed by atoms with Crippen LogP contribution < -0.4 is 11.1 Å². The number of carbonyl (C=O) groups excluding carboxylic acids is 1. The number of thiophene rings is 1. The van der Waals surface area contributed by atoms with Gasteiger partial charge in [0.05, 0.1) is 17.3 Å². The summed E-state index contributed by atoms with van der Waals surface area (Å²) in [5, 5.41) is 8.88. The first-order valence-electron chi connectivity index (χ1n) is 7.83. The summed E-state index contributed by atoms with van der Waals surface area (Å²) < 4.78 is 5.34. The molecule has 1 aliphatic rings. The third kappa shape index (κ3) is 4.15. The fourth-order valence-corrected chi connectivity index (χ4v) is 3.42. The third-order valence-corrected chi connectivity index (χ3v) is 4.75. The van der Waals surface area contributed by atoms with Crippen molar-refractivity contribution in [2.75, 3.05) is 26.2 Å². The highest BCUT2D eigenvalue weighted by atomic mass is 32.1. The number of hydrogen-bond donors (Lipinski definition) is 2. The Bertz CT molecular complexity index is 628. The zero-order chi connectivity index (χ0) is 16.1. The number of nitrogens with zero attached hydrogens (tertiary/aromatic N) is 3. The monoisotopic (exact) mass is 335 g/mol. The lowest BCUT2D eigenvalue weighted by molar-refractivity contribution is -0.126. The van der Waals surface area contributed by atoms with Gasteiger partial charge in [-0.15, -0.1) is 11.3 Å². The minimum atomic E-state index is 0.00925. The van der Waals surface area contributed by atoms with Crippen LogP contribution in [0.25, 0.3) is 10.7 Å². The Kier molecular flexibility index (Phi) is 5.37. The maximum absolute atomic E-state index is 12.1. The molecule has 1 fully saturated rings. The van der Waals surface area contributed by atoms with Crippen LogP contribution in [-0.2, 0) is 11.3 Å². The first-order valence-corrected chi connectivity index (χ1v) is 8.71. The molecule has 23 heavy (non-hydrogen) atoms. The second kappa shape index (κ2) is 7.67. The summed E-state index contributed by atoms with van der Waals surface area (Å²) in [5.41, 5.74) is 5.43. The second-order valence-corrected chi connectivity index (χ2v) is 6.59. The van der Waals surface area contributed by atoms with Gasteiger partial charge in [0.25, 0.3) is 0 Å². The van der Waals surface area contributed by atoms with Crippen LogP contribution in [0.1, 0.15) is 18.7 Å². The predicted molar refractivity (Wildman–Crippen MR) is 87.7 cm³/mol. The number of likely N-dealkylation sites (tertiary alicyclic amines) is 1. The number of amides is 1. The average molecular weight is 335 g/mol. The number of aromatic nitrogens is 2. The normalized spacial score (nSPS) is 18.9. The number of rotatable bonds is 6. The van der Waals surface area contributed by atoms with Crippen molar-refractivity contribution in [3.63, 3.8) is 0 Å². The molecule has 1 atom stereocenters. The summed E-state index contributed by atoms with van der Waals surface area (Å²) in [6.45, 7) is 3.24. The smallest absolute Gasteiger partial charge is 0.241 e. The maximum atomic E-state index is 12.1. The van der Waals surface area contributed by atoms with Crippen LogP contribution in [0.4, 0.5) is 0 Å². The van der Waals surface area contributed by atoms with E-state index in [2.05, 4.69) is 20.4 Å². The van der Waals surface area contributed by atoms with Gasteiger partial charge in [-0.3, -0.25) is 9.69 Å². The second-order valence-electron chi connectivity index (χ2n) is 5.64. The summed E-state index contributed by atoms with van der Waals surface area (Å²) >= 11 is 1.59. The van der Waals surface area contributed by atoms with E-state index in [1.807, 2.05) is 17.5 Å². The highest BCUT2D eigenvalue weighted by Crippen LogP contribution is 2.23. The Morgan fingerprint density at radius 2 is 2.48 bits per heavy atom. The molecular weight excluding hydrogens is 314 g/mol. The van der Waals surface area contributed by atoms with Crippen molar-refractivity contribution in [3.05, 3.63) is 23.4 Å². The van der Waals surface area contributed by atoms with Crippen molar-refractivity contribution in [1.82, 2.24) is 20.4 Å². The van der Waals surface area contributed by atoms with Crippen molar-refractivity contribution in [2.24, 2.45) is 11.7 Å². The summed E-state index contributed by atoms with van der Waals surface area (Å²) in [7, 11) is 0. The quantitative estimate of drug-likeness (QED) is 0.820. The Balaban J connectivity index is 1.56. The molecule has 1 amide bonds. The maximum Gasteiger partial charge on any atom is 0.241 e. The molecule has 0 spiro atoms. The topological polar surface area (TPSA) is 97.3 Å². The van der Waals surface area contributed by atoms with Crippen molar-refractivity contribution >= 4 is 17.2 Å². The first-order chi connectivity index (χ1) is 11.3. The van der Waals surface area contributed by atoms with Gasteiger partial charge in [0.1, 0.15) is 0 Å². The van der Waals surface area contributed by atoms with Gasteiger partial charge in [-0.2, -0.15) is 4.98 Å². The largest absolute Gasteiger partial charge is 0.355 e. The molecule has 124 valence electrons. The molecule has 3 rings (SSSR count). The minimum absolute atomic E-state index is 0.00925. The Morgan fingerprint density at radius 3 is 3.26 bits per heavy atom. The molecule has 0 radical (unpaired) electrons. The zero-order valence-corrected chi connectivity index (χ0v) is 13.7. The van der Waals surface area contributed by atoms with Gasteiger partial charge in [0.15, 0.2) is 0 Å². The van der Waals surface area contributed by atoms with Crippen LogP contribution >= 0.6 is 11.3 Å². The molecular formula is C15H21N5O2S. The molecule has 1 unspecified atom stereocenters. The highest BCUT2D eigenvalue weighted by molar-refractivity contribution is 7.13. The molecule has 2 aromatic rings. The predicted octanol–water partition coefficient (Wildman–Crippen LogP) is 1.08. The lowest BCUT2D eigenvalue weighted by Crippen LogP contribution is -2.43. The van der Waals surface area contributed by atoms with Crippen LogP contribution in [-0.4, -0.2) is 47.1 Å². The van der Waals surface area contributed by atoms with Crippen molar-refractivity contribution in [3.8, 4) is 10.7 Å². The number of carbonyl (C=O) groups is 1. The summed E-state index contributed by atoms with van der Waals surface area (Å²) in [5.74, 6) is 1.32. The van der Waals surface area contributed by atoms with Gasteiger partial charge in [0, 0.05) is 19.6 Å². The van der Waals surface area contributed by atoms with Gasteiger partial charge in [0.2, 0.25) is 17.6 Å². The van der Waals surface area contributed by atoms with E-state index in [1.165, 1.54) is 0 Å². The molecule has 7 nitrogen and oxygen atoms in total. The summed E-state index contributed by atoms with van der Waals surface area (Å²) in [6, 6.07) is 3.93. The lowest BCUT2D eigenvalue weighted by Gasteiger charge is -2.30. The van der Waals surface area contributed by atoms with E-state index in [0.717, 1.165) is 24.3 Å². The van der Waals surface area contributed by atoms with Crippen LogP contribution in [0.5, 0.6) is 0 Å². The molecule has 8 heteroatoms. The number of hydrogen-bond acceptors (Lipinski definition) is 7. The number of nitrogens with two attached hydrogens (primary N) is 1. The Morgan fingerprint density at radius 1 is 1.57 bits per heavy atom. The molecule has 0 aromatic carbocycles. The Hall–Kier alpha value is -1.77. The van der Waals surface area contributed by atoms with Crippen LogP contribution in [0, 0.1) is 5.92 Å². The van der Waals surface area contributed by atoms with Gasteiger partial charge in [-0.25, -0.2) is 0 Å². The van der Waals surface area contributed by atoms with Gasteiger partial charge >= 0.3 is 0 Å². The Labute approximate surface area is 138 Å². The van der Waals surface area contributed by atoms with E-state index in [0.29, 0.717) is 37.9 Å². The number of nitrogens with one attached hydrogen (secondary N) is 1. The van der Waals surface area contributed by atoms with E-state index < -0.39 is 0 Å². The van der Waals surface area contributed by atoms with E-state index >= 15 is 0 Å². The fraction of sp³-hybridized carbons (Fsp3) is 0.533. The molecule has 3 heterocycles. The lowest BCUT2D eigenvalue weighted by atomic mass is 9.97. The molecule has 0 bridgehead atoms. The van der Waals surface area contributed by atoms with E-state index in [9.17, 15) is 4.79 Å². The molecule has 1 saturated heterocycles. The van der Waals surface area contributed by atoms with E-state index in [4.69, 9.17) is 10.3 Å². The van der Waals surface area contributed by atoms with Crippen molar-refractivity contribution in [1.29, 1.82) is 0 Å². The van der Waals surface area contributed by atoms with Gasteiger partial charge in [-0.1, -0.05) is 11.2 Å². The van der Waals surface area contributed by atoms with Crippen LogP contribution in [0.3, 0.4) is 0 Å². The minimum Gasteiger partial charge on any atom is -0.355 e. The van der Waals surface area contributed by atoms with Crippen molar-refractivity contribution < 1.29 is 9.32 Å². The third-order valence-electron chi connectivity index (χ3n) is 3.89. The highest BCUT2D eigenvalue weighted by Gasteiger charge is 2.26. The fourth-order valence-electron chi connectivity index (χ4n) is 2.77. The standard InChI is InChI=1S/C15H21N5O2S/c16-5-6-17-15(21)11-3-1-7-20(9-11)10-13-18-14(19-22-13)12-4-2-8-23-12/h2,4,8,11H,1,3,5-7,9-10,16H2,(H,17,21). The molecule has 0 saturated carbocycles. The van der Waals surface area contributed by atoms with Gasteiger partial charge < -0.3 is 15.6 Å². The molecule has 0 aliphatic carbocycles. The van der Waals surface area contributed by atoms with Crippen LogP contribution in [0.2, 0.25) is 0 Å². The summed E-state index contributed by atoms with van der Waals surface area (Å²) in [4.78, 5) is 19.7. The molecule has 1 aliphatic heterocycles. The zero-order valence-electron chi connectivity index (χ0n) is 12.9. The van der Waals surface area contributed by atoms with E-state index in [-0.39, 0.29) is 11.8 Å². The first kappa shape index (κ1) is 16.1. The molecule has 3 N–H and O–H groups in total. The average Bonchev–Trinajstić information content (AvgIpc) is 3.24. The SMILES string of the molecule is NCCNC(=O)C1CCCN(Cc2nc(-c3cccs3)no2)C1. The van der Waals surface area contributed by atoms with E-state index in [1.54, 1.807) is 11.3 Å². The molecule has 2 aromatic heterocycles. The van der Waals surface area contributed by atoms with Crippen LogP contribution in [0.15, 0.2) is 22.0 Å². The summed E-state index contributed by atoms with van der Waals surface area (Å²) in [6.07, 6.45) is 1.91. The number of piperidine rings is 1. The van der Waals surface area contributed by atoms with Gasteiger partial charge in [-0.05, 0) is 30.8 Å².